The Morgan fingerprint density at radius 3 is 2.48 bits per heavy atom. The van der Waals surface area contributed by atoms with E-state index < -0.39 is 5.97 Å². The van der Waals surface area contributed by atoms with E-state index in [9.17, 15) is 9.59 Å². The van der Waals surface area contributed by atoms with Crippen LogP contribution in [0.2, 0.25) is 0 Å². The maximum atomic E-state index is 12.3. The fourth-order valence-corrected chi connectivity index (χ4v) is 2.00. The molecule has 0 saturated heterocycles. The summed E-state index contributed by atoms with van der Waals surface area (Å²) < 4.78 is 11.7. The smallest absolute Gasteiger partial charge is 0.362 e. The first kappa shape index (κ1) is 16.7. The van der Waals surface area contributed by atoms with Crippen LogP contribution in [0.3, 0.4) is 0 Å². The molecule has 1 aromatic heterocycles. The van der Waals surface area contributed by atoms with Crippen molar-refractivity contribution in [1.29, 1.82) is 0 Å². The Morgan fingerprint density at radius 1 is 1.26 bits per heavy atom. The van der Waals surface area contributed by atoms with Gasteiger partial charge in [0.15, 0.2) is 5.75 Å². The number of nitrogens with zero attached hydrogens (tertiary/aromatic N) is 2. The third-order valence-electron chi connectivity index (χ3n) is 3.01. The van der Waals surface area contributed by atoms with Crippen LogP contribution in [0.5, 0.6) is 5.75 Å². The lowest BCUT2D eigenvalue weighted by atomic mass is 10.2. The highest BCUT2D eigenvalue weighted by atomic mass is 16.5. The Balaban J connectivity index is 2.56. The lowest BCUT2D eigenvalue weighted by molar-refractivity contribution is 0.0510. The SMILES string of the molecule is CCOC(=O)c1nn(-c2ccc(C)cc2)c(=O)cc1OC(C)C. The number of aromatic nitrogens is 2. The maximum absolute atomic E-state index is 12.3. The summed E-state index contributed by atoms with van der Waals surface area (Å²) in [5, 5.41) is 4.15. The number of aryl methyl sites for hydroxylation is 1. The summed E-state index contributed by atoms with van der Waals surface area (Å²) in [7, 11) is 0. The van der Waals surface area contributed by atoms with Gasteiger partial charge in [0, 0.05) is 0 Å². The molecule has 0 aliphatic heterocycles. The molecule has 2 aromatic rings. The van der Waals surface area contributed by atoms with Crippen molar-refractivity contribution in [3.63, 3.8) is 0 Å². The summed E-state index contributed by atoms with van der Waals surface area (Å²) in [6.45, 7) is 7.48. The lowest BCUT2D eigenvalue weighted by Gasteiger charge is -2.14. The summed E-state index contributed by atoms with van der Waals surface area (Å²) in [5.74, 6) is -0.490. The number of carbonyl (C=O) groups is 1. The Morgan fingerprint density at radius 2 is 1.91 bits per heavy atom. The number of hydrogen-bond acceptors (Lipinski definition) is 5. The average Bonchev–Trinajstić information content (AvgIpc) is 2.48. The molecule has 0 aliphatic rings. The molecule has 6 heteroatoms. The second-order valence-corrected chi connectivity index (χ2v) is 5.33. The highest BCUT2D eigenvalue weighted by Crippen LogP contribution is 2.17. The van der Waals surface area contributed by atoms with Gasteiger partial charge in [0.05, 0.1) is 24.5 Å². The van der Waals surface area contributed by atoms with Crippen LogP contribution in [-0.4, -0.2) is 28.5 Å². The predicted octanol–water partition coefficient (Wildman–Crippen LogP) is 2.50. The van der Waals surface area contributed by atoms with E-state index in [0.29, 0.717) is 5.69 Å². The van der Waals surface area contributed by atoms with Crippen molar-refractivity contribution in [1.82, 2.24) is 9.78 Å². The maximum Gasteiger partial charge on any atom is 0.362 e. The van der Waals surface area contributed by atoms with E-state index in [1.54, 1.807) is 32.9 Å². The predicted molar refractivity (Wildman–Crippen MR) is 86.3 cm³/mol. The first-order valence-corrected chi connectivity index (χ1v) is 7.47. The van der Waals surface area contributed by atoms with Gasteiger partial charge in [-0.15, -0.1) is 0 Å². The second-order valence-electron chi connectivity index (χ2n) is 5.33. The van der Waals surface area contributed by atoms with Crippen LogP contribution in [0, 0.1) is 6.92 Å². The summed E-state index contributed by atoms with van der Waals surface area (Å²) in [5.41, 5.74) is 1.24. The van der Waals surface area contributed by atoms with E-state index in [1.165, 1.54) is 10.7 Å². The minimum Gasteiger partial charge on any atom is -0.488 e. The molecular weight excluding hydrogens is 296 g/mol. The zero-order valence-corrected chi connectivity index (χ0v) is 13.7. The summed E-state index contributed by atoms with van der Waals surface area (Å²) in [6.07, 6.45) is -0.195. The Kier molecular flexibility index (Phi) is 5.16. The zero-order chi connectivity index (χ0) is 17.0. The third kappa shape index (κ3) is 3.97. The number of carbonyl (C=O) groups excluding carboxylic acids is 1. The van der Waals surface area contributed by atoms with Gasteiger partial charge in [0.1, 0.15) is 0 Å². The van der Waals surface area contributed by atoms with E-state index in [2.05, 4.69) is 5.10 Å². The Labute approximate surface area is 134 Å². The number of benzene rings is 1. The molecule has 0 spiro atoms. The molecule has 0 unspecified atom stereocenters. The van der Waals surface area contributed by atoms with Crippen LogP contribution in [0.4, 0.5) is 0 Å². The molecule has 0 radical (unpaired) electrons. The number of esters is 1. The second kappa shape index (κ2) is 7.09. The molecule has 0 aliphatic carbocycles. The largest absolute Gasteiger partial charge is 0.488 e. The molecule has 122 valence electrons. The van der Waals surface area contributed by atoms with E-state index in [4.69, 9.17) is 9.47 Å². The molecule has 0 fully saturated rings. The van der Waals surface area contributed by atoms with Crippen LogP contribution >= 0.6 is 0 Å². The molecule has 6 nitrogen and oxygen atoms in total. The third-order valence-corrected chi connectivity index (χ3v) is 3.01. The minimum absolute atomic E-state index is 0.0132. The number of ether oxygens (including phenoxy) is 2. The summed E-state index contributed by atoms with van der Waals surface area (Å²) >= 11 is 0. The van der Waals surface area contributed by atoms with Gasteiger partial charge in [-0.25, -0.2) is 4.79 Å². The molecule has 0 bridgehead atoms. The first-order valence-electron chi connectivity index (χ1n) is 7.47. The van der Waals surface area contributed by atoms with Crippen molar-refractivity contribution < 1.29 is 14.3 Å². The molecule has 23 heavy (non-hydrogen) atoms. The van der Waals surface area contributed by atoms with Crippen LogP contribution in [0.1, 0.15) is 36.8 Å². The molecular formula is C17H20N2O4. The Hall–Kier alpha value is -2.63. The van der Waals surface area contributed by atoms with E-state index in [0.717, 1.165) is 5.56 Å². The molecule has 0 saturated carbocycles. The van der Waals surface area contributed by atoms with Gasteiger partial charge in [-0.05, 0) is 39.8 Å². The zero-order valence-electron chi connectivity index (χ0n) is 13.7. The van der Waals surface area contributed by atoms with Crippen molar-refractivity contribution >= 4 is 5.97 Å². The first-order chi connectivity index (χ1) is 10.9. The fraction of sp³-hybridized carbons (Fsp3) is 0.353. The van der Waals surface area contributed by atoms with Crippen molar-refractivity contribution in [3.05, 3.63) is 51.9 Å². The van der Waals surface area contributed by atoms with Crippen molar-refractivity contribution in [3.8, 4) is 11.4 Å². The van der Waals surface area contributed by atoms with Crippen LogP contribution in [0.15, 0.2) is 35.1 Å². The quantitative estimate of drug-likeness (QED) is 0.793. The molecule has 1 heterocycles. The standard InChI is InChI=1S/C17H20N2O4/c1-5-22-17(21)16-14(23-11(2)3)10-15(20)19(18-16)13-8-6-12(4)7-9-13/h6-11H,5H2,1-4H3. The van der Waals surface area contributed by atoms with Crippen molar-refractivity contribution in [2.45, 2.75) is 33.8 Å². The van der Waals surface area contributed by atoms with Gasteiger partial charge in [0.25, 0.3) is 5.56 Å². The molecule has 1 aromatic carbocycles. The fourth-order valence-electron chi connectivity index (χ4n) is 2.00. The molecule has 0 atom stereocenters. The summed E-state index contributed by atoms with van der Waals surface area (Å²) in [4.78, 5) is 24.4. The lowest BCUT2D eigenvalue weighted by Crippen LogP contribution is -2.26. The number of hydrogen-bond donors (Lipinski definition) is 0. The van der Waals surface area contributed by atoms with Gasteiger partial charge >= 0.3 is 5.97 Å². The van der Waals surface area contributed by atoms with E-state index in [-0.39, 0.29) is 29.7 Å². The highest BCUT2D eigenvalue weighted by molar-refractivity contribution is 5.90. The monoisotopic (exact) mass is 316 g/mol. The van der Waals surface area contributed by atoms with Crippen LogP contribution in [-0.2, 0) is 4.74 Å². The van der Waals surface area contributed by atoms with Gasteiger partial charge in [-0.2, -0.15) is 9.78 Å². The van der Waals surface area contributed by atoms with Crippen LogP contribution < -0.4 is 10.3 Å². The van der Waals surface area contributed by atoms with Gasteiger partial charge < -0.3 is 9.47 Å². The Bertz CT molecular complexity index is 748. The van der Waals surface area contributed by atoms with Gasteiger partial charge in [0.2, 0.25) is 5.69 Å². The van der Waals surface area contributed by atoms with E-state index in [1.807, 2.05) is 19.1 Å². The van der Waals surface area contributed by atoms with Crippen molar-refractivity contribution in [2.24, 2.45) is 0 Å². The van der Waals surface area contributed by atoms with Crippen molar-refractivity contribution in [2.75, 3.05) is 6.61 Å². The molecule has 2 rings (SSSR count). The van der Waals surface area contributed by atoms with E-state index >= 15 is 0 Å². The van der Waals surface area contributed by atoms with Crippen LogP contribution in [0.25, 0.3) is 5.69 Å². The highest BCUT2D eigenvalue weighted by Gasteiger charge is 2.20. The normalized spacial score (nSPS) is 10.7. The molecule has 0 amide bonds. The van der Waals surface area contributed by atoms with Gasteiger partial charge in [-0.3, -0.25) is 4.79 Å². The molecule has 0 N–H and O–H groups in total. The summed E-state index contributed by atoms with van der Waals surface area (Å²) in [6, 6.07) is 8.53. The topological polar surface area (TPSA) is 70.4 Å². The van der Waals surface area contributed by atoms with Gasteiger partial charge in [-0.1, -0.05) is 17.7 Å². The number of rotatable bonds is 5. The minimum atomic E-state index is -0.621. The average molecular weight is 316 g/mol.